The number of hydrogen-bond donors (Lipinski definition) is 2. The van der Waals surface area contributed by atoms with Crippen molar-refractivity contribution in [3.8, 4) is 28.4 Å². The molecule has 0 saturated carbocycles. The molecule has 1 aliphatic heterocycles. The minimum Gasteiger partial charge on any atom is -0.504 e. The number of aromatic hydroxyl groups is 1. The van der Waals surface area contributed by atoms with Crippen molar-refractivity contribution in [3.05, 3.63) is 41.0 Å². The average Bonchev–Trinajstić information content (AvgIpc) is 2.54. The molecule has 2 N–H and O–H groups in total. The highest BCUT2D eigenvalue weighted by Gasteiger charge is 2.34. The Morgan fingerprint density at radius 2 is 1.96 bits per heavy atom. The van der Waals surface area contributed by atoms with Gasteiger partial charge in [-0.05, 0) is 48.2 Å². The highest BCUT2D eigenvalue weighted by molar-refractivity contribution is 5.87. The summed E-state index contributed by atoms with van der Waals surface area (Å²) in [5.41, 5.74) is 5.70. The lowest BCUT2D eigenvalue weighted by Crippen LogP contribution is -2.33. The second kappa shape index (κ2) is 5.95. The van der Waals surface area contributed by atoms with Crippen molar-refractivity contribution in [2.24, 2.45) is 0 Å². The van der Waals surface area contributed by atoms with E-state index < -0.39 is 0 Å². The number of nitrogens with one attached hydrogen (secondary N) is 1. The van der Waals surface area contributed by atoms with Crippen LogP contribution in [0.15, 0.2) is 24.3 Å². The topological polar surface area (TPSA) is 50.7 Å². The summed E-state index contributed by atoms with van der Waals surface area (Å²) < 4.78 is 11.1. The van der Waals surface area contributed by atoms with E-state index in [9.17, 15) is 5.11 Å². The number of hydrogen-bond acceptors (Lipinski definition) is 4. The minimum atomic E-state index is 0. The molecule has 0 amide bonds. The van der Waals surface area contributed by atoms with E-state index in [1.165, 1.54) is 16.7 Å². The third-order valence-electron chi connectivity index (χ3n) is 4.73. The second-order valence-electron chi connectivity index (χ2n) is 5.83. The number of phenols is 1. The lowest BCUT2D eigenvalue weighted by Gasteiger charge is -2.35. The molecule has 2 aromatic rings. The minimum absolute atomic E-state index is 0. The van der Waals surface area contributed by atoms with Crippen LogP contribution in [0.5, 0.6) is 17.2 Å². The van der Waals surface area contributed by atoms with E-state index in [1.807, 2.05) is 18.2 Å². The number of fused-ring (bicyclic) bond motifs is 2. The Morgan fingerprint density at radius 1 is 1.13 bits per heavy atom. The van der Waals surface area contributed by atoms with E-state index in [4.69, 9.17) is 9.47 Å². The van der Waals surface area contributed by atoms with Crippen molar-refractivity contribution in [3.63, 3.8) is 0 Å². The predicted molar refractivity (Wildman–Crippen MR) is 92.0 cm³/mol. The highest BCUT2D eigenvalue weighted by atomic mass is 35.5. The van der Waals surface area contributed by atoms with E-state index in [0.29, 0.717) is 5.75 Å². The molecule has 5 heteroatoms. The van der Waals surface area contributed by atoms with E-state index in [-0.39, 0.29) is 24.2 Å². The van der Waals surface area contributed by atoms with Gasteiger partial charge in [0.1, 0.15) is 5.75 Å². The number of halogens is 1. The van der Waals surface area contributed by atoms with Crippen LogP contribution in [0.1, 0.15) is 22.7 Å². The molecular formula is C18H20ClNO3. The smallest absolute Gasteiger partial charge is 0.168 e. The highest BCUT2D eigenvalue weighted by Crippen LogP contribution is 2.52. The van der Waals surface area contributed by atoms with Gasteiger partial charge in [-0.15, -0.1) is 12.4 Å². The van der Waals surface area contributed by atoms with Gasteiger partial charge in [0.2, 0.25) is 0 Å². The van der Waals surface area contributed by atoms with Crippen molar-refractivity contribution in [2.45, 2.75) is 18.9 Å². The molecule has 2 aliphatic rings. The normalized spacial score (nSPS) is 17.6. The van der Waals surface area contributed by atoms with Crippen LogP contribution in [0.25, 0.3) is 11.1 Å². The number of methoxy groups -OCH3 is 2. The first-order chi connectivity index (χ1) is 10.7. The molecular weight excluding hydrogens is 314 g/mol. The number of phenolic OH excluding ortho intramolecular Hbond substituents is 1. The van der Waals surface area contributed by atoms with Crippen LogP contribution in [0.3, 0.4) is 0 Å². The molecule has 0 saturated heterocycles. The quantitative estimate of drug-likeness (QED) is 0.886. The van der Waals surface area contributed by atoms with Crippen LogP contribution in [-0.4, -0.2) is 25.9 Å². The Bertz CT molecular complexity index is 760. The second-order valence-corrected chi connectivity index (χ2v) is 5.83. The maximum atomic E-state index is 10.4. The molecule has 0 radical (unpaired) electrons. The number of rotatable bonds is 2. The van der Waals surface area contributed by atoms with Gasteiger partial charge in [0.15, 0.2) is 11.5 Å². The summed E-state index contributed by atoms with van der Waals surface area (Å²) in [6, 6.07) is 8.23. The van der Waals surface area contributed by atoms with Crippen molar-refractivity contribution < 1.29 is 14.6 Å². The van der Waals surface area contributed by atoms with Gasteiger partial charge in [-0.3, -0.25) is 0 Å². The molecule has 0 fully saturated rings. The molecule has 0 unspecified atom stereocenters. The first-order valence-electron chi connectivity index (χ1n) is 7.57. The standard InChI is InChI=1S/C18H19NO3.ClH/c1-21-14-5-3-4-10-8-12-15-11(6-7-19-12)9-13(20)18(22-2)17(15)16(10)14;/h3-5,9,12,19-20H,6-8H2,1-2H3;1H/t12-;/m0./s1. The zero-order valence-electron chi connectivity index (χ0n) is 13.2. The Hall–Kier alpha value is -1.91. The van der Waals surface area contributed by atoms with Gasteiger partial charge in [0.05, 0.1) is 14.2 Å². The fourth-order valence-corrected chi connectivity index (χ4v) is 3.86. The van der Waals surface area contributed by atoms with Crippen LogP contribution in [-0.2, 0) is 12.8 Å². The molecule has 1 atom stereocenters. The van der Waals surface area contributed by atoms with Gasteiger partial charge < -0.3 is 19.9 Å². The molecule has 0 aromatic heterocycles. The van der Waals surface area contributed by atoms with Crippen molar-refractivity contribution in [2.75, 3.05) is 20.8 Å². The maximum Gasteiger partial charge on any atom is 0.168 e. The van der Waals surface area contributed by atoms with Crippen LogP contribution in [0.2, 0.25) is 0 Å². The summed E-state index contributed by atoms with van der Waals surface area (Å²) >= 11 is 0. The molecule has 4 nitrogen and oxygen atoms in total. The lowest BCUT2D eigenvalue weighted by atomic mass is 9.77. The van der Waals surface area contributed by atoms with Gasteiger partial charge >= 0.3 is 0 Å². The third-order valence-corrected chi connectivity index (χ3v) is 4.73. The van der Waals surface area contributed by atoms with Crippen molar-refractivity contribution in [1.29, 1.82) is 0 Å². The number of ether oxygens (including phenoxy) is 2. The van der Waals surface area contributed by atoms with Crippen molar-refractivity contribution in [1.82, 2.24) is 5.32 Å². The molecule has 1 heterocycles. The van der Waals surface area contributed by atoms with Gasteiger partial charge in [-0.25, -0.2) is 0 Å². The Balaban J connectivity index is 0.00000156. The first kappa shape index (κ1) is 16.0. The zero-order chi connectivity index (χ0) is 15.3. The molecule has 1 aliphatic carbocycles. The van der Waals surface area contributed by atoms with Gasteiger partial charge in [0, 0.05) is 17.2 Å². The van der Waals surface area contributed by atoms with E-state index in [0.717, 1.165) is 36.3 Å². The van der Waals surface area contributed by atoms with Crippen LogP contribution < -0.4 is 14.8 Å². The van der Waals surface area contributed by atoms with Crippen LogP contribution >= 0.6 is 12.4 Å². The third kappa shape index (κ3) is 2.25. The Kier molecular flexibility index (Phi) is 4.13. The summed E-state index contributed by atoms with van der Waals surface area (Å²) in [6.45, 7) is 0.933. The molecule has 2 aromatic carbocycles. The van der Waals surface area contributed by atoms with E-state index in [2.05, 4.69) is 11.4 Å². The van der Waals surface area contributed by atoms with Crippen molar-refractivity contribution >= 4 is 12.4 Å². The van der Waals surface area contributed by atoms with Gasteiger partial charge in [0.25, 0.3) is 0 Å². The van der Waals surface area contributed by atoms with E-state index in [1.54, 1.807) is 14.2 Å². The largest absolute Gasteiger partial charge is 0.504 e. The Morgan fingerprint density at radius 3 is 2.70 bits per heavy atom. The van der Waals surface area contributed by atoms with Gasteiger partial charge in [-0.2, -0.15) is 0 Å². The van der Waals surface area contributed by atoms with Crippen LogP contribution in [0, 0.1) is 0 Å². The fraction of sp³-hybridized carbons (Fsp3) is 0.333. The molecule has 122 valence electrons. The van der Waals surface area contributed by atoms with E-state index >= 15 is 0 Å². The zero-order valence-corrected chi connectivity index (χ0v) is 14.0. The molecule has 23 heavy (non-hydrogen) atoms. The fourth-order valence-electron chi connectivity index (χ4n) is 3.86. The summed E-state index contributed by atoms with van der Waals surface area (Å²) in [5.74, 6) is 1.57. The Labute approximate surface area is 141 Å². The summed E-state index contributed by atoms with van der Waals surface area (Å²) in [5, 5.41) is 14.0. The summed E-state index contributed by atoms with van der Waals surface area (Å²) in [6.07, 6.45) is 1.85. The predicted octanol–water partition coefficient (Wildman–Crippen LogP) is 3.24. The first-order valence-corrected chi connectivity index (χ1v) is 7.57. The van der Waals surface area contributed by atoms with Crippen LogP contribution in [0.4, 0.5) is 0 Å². The maximum absolute atomic E-state index is 10.4. The molecule has 4 rings (SSSR count). The molecule has 0 spiro atoms. The SMILES string of the molecule is COc1cccc2c1-c1c(OC)c(O)cc3c1[C@H](C2)NCC3.Cl. The monoisotopic (exact) mass is 333 g/mol. The summed E-state index contributed by atoms with van der Waals surface area (Å²) in [7, 11) is 3.29. The van der Waals surface area contributed by atoms with Gasteiger partial charge in [-0.1, -0.05) is 12.1 Å². The lowest BCUT2D eigenvalue weighted by molar-refractivity contribution is 0.369. The molecule has 0 bridgehead atoms. The number of benzene rings is 2. The average molecular weight is 334 g/mol. The summed E-state index contributed by atoms with van der Waals surface area (Å²) in [4.78, 5) is 0.